The Balaban J connectivity index is 2.24. The molecule has 2 N–H and O–H groups in total. The van der Waals surface area contributed by atoms with Crippen LogP contribution in [0.2, 0.25) is 0 Å². The van der Waals surface area contributed by atoms with E-state index in [0.29, 0.717) is 17.9 Å². The topological polar surface area (TPSA) is 145 Å². The van der Waals surface area contributed by atoms with Crippen LogP contribution in [0.1, 0.15) is 51.8 Å². The second kappa shape index (κ2) is 9.81. The standard InChI is InChI=1S/C19H26N6O5/c1-6-7-8-30-15-13(25(27)28)9-12(10-14(15)29-5)11-20-23-18-21-17(26)16(22-24-18)19(2,3)4/h9-11H,6-8H2,1-5H3,(H2,21,23,24,26)/b20-11+. The number of hydrazone groups is 1. The molecular weight excluding hydrogens is 392 g/mol. The van der Waals surface area contributed by atoms with Gasteiger partial charge in [0.25, 0.3) is 5.56 Å². The molecule has 11 nitrogen and oxygen atoms in total. The second-order valence-corrected chi connectivity index (χ2v) is 7.50. The summed E-state index contributed by atoms with van der Waals surface area (Å²) in [7, 11) is 1.40. The maximum absolute atomic E-state index is 12.1. The van der Waals surface area contributed by atoms with Gasteiger partial charge in [-0.3, -0.25) is 19.9 Å². The van der Waals surface area contributed by atoms with Crippen LogP contribution in [0.5, 0.6) is 11.5 Å². The molecule has 2 rings (SSSR count). The van der Waals surface area contributed by atoms with Gasteiger partial charge in [-0.25, -0.2) is 5.43 Å². The number of methoxy groups -OCH3 is 1. The number of nitro groups is 1. The minimum Gasteiger partial charge on any atom is -0.493 e. The molecule has 0 unspecified atom stereocenters. The van der Waals surface area contributed by atoms with Gasteiger partial charge in [0.1, 0.15) is 5.69 Å². The van der Waals surface area contributed by atoms with Crippen LogP contribution in [-0.2, 0) is 5.41 Å². The average Bonchev–Trinajstić information content (AvgIpc) is 2.67. The number of benzene rings is 1. The van der Waals surface area contributed by atoms with Crippen molar-refractivity contribution in [2.75, 3.05) is 19.1 Å². The number of nitro benzene ring substituents is 1. The zero-order valence-electron chi connectivity index (χ0n) is 17.7. The Kier molecular flexibility index (Phi) is 7.45. The van der Waals surface area contributed by atoms with Crippen LogP contribution in [0, 0.1) is 10.1 Å². The number of nitrogens with one attached hydrogen (secondary N) is 2. The van der Waals surface area contributed by atoms with Gasteiger partial charge in [0, 0.05) is 17.0 Å². The molecule has 2 aromatic rings. The van der Waals surface area contributed by atoms with Crippen LogP contribution in [0.25, 0.3) is 0 Å². The van der Waals surface area contributed by atoms with Crippen LogP contribution >= 0.6 is 0 Å². The van der Waals surface area contributed by atoms with Crippen LogP contribution in [0.3, 0.4) is 0 Å². The minimum absolute atomic E-state index is 0.0465. The van der Waals surface area contributed by atoms with Crippen molar-refractivity contribution in [2.24, 2.45) is 5.10 Å². The number of rotatable bonds is 9. The third-order valence-corrected chi connectivity index (χ3v) is 4.01. The third kappa shape index (κ3) is 5.75. The summed E-state index contributed by atoms with van der Waals surface area (Å²) in [6.45, 7) is 7.91. The number of anilines is 1. The highest BCUT2D eigenvalue weighted by Crippen LogP contribution is 2.38. The molecule has 0 aliphatic carbocycles. The van der Waals surface area contributed by atoms with E-state index in [0.717, 1.165) is 12.8 Å². The van der Waals surface area contributed by atoms with Crippen molar-refractivity contribution in [3.05, 3.63) is 43.9 Å². The van der Waals surface area contributed by atoms with E-state index < -0.39 is 10.3 Å². The van der Waals surface area contributed by atoms with Gasteiger partial charge in [-0.15, -0.1) is 10.2 Å². The maximum Gasteiger partial charge on any atom is 0.315 e. The first-order valence-electron chi connectivity index (χ1n) is 9.43. The van der Waals surface area contributed by atoms with E-state index in [2.05, 4.69) is 25.7 Å². The van der Waals surface area contributed by atoms with Gasteiger partial charge in [0.05, 0.1) is 24.9 Å². The van der Waals surface area contributed by atoms with Gasteiger partial charge in [0.2, 0.25) is 11.7 Å². The van der Waals surface area contributed by atoms with Crippen LogP contribution in [0.4, 0.5) is 11.6 Å². The molecule has 0 radical (unpaired) electrons. The Bertz CT molecular complexity index is 980. The summed E-state index contributed by atoms with van der Waals surface area (Å²) in [5, 5.41) is 23.3. The molecule has 0 fully saturated rings. The van der Waals surface area contributed by atoms with Crippen molar-refractivity contribution in [3.8, 4) is 11.5 Å². The van der Waals surface area contributed by atoms with Gasteiger partial charge in [-0.2, -0.15) is 5.10 Å². The normalized spacial score (nSPS) is 11.5. The number of H-pyrrole nitrogens is 1. The maximum atomic E-state index is 12.1. The summed E-state index contributed by atoms with van der Waals surface area (Å²) in [4.78, 5) is 25.6. The van der Waals surface area contributed by atoms with E-state index in [1.807, 2.05) is 27.7 Å². The monoisotopic (exact) mass is 418 g/mol. The lowest BCUT2D eigenvalue weighted by molar-refractivity contribution is -0.386. The smallest absolute Gasteiger partial charge is 0.315 e. The first kappa shape index (κ1) is 22.8. The van der Waals surface area contributed by atoms with E-state index in [4.69, 9.17) is 9.47 Å². The fraction of sp³-hybridized carbons (Fsp3) is 0.474. The van der Waals surface area contributed by atoms with Gasteiger partial charge in [-0.1, -0.05) is 34.1 Å². The molecule has 30 heavy (non-hydrogen) atoms. The fourth-order valence-electron chi connectivity index (χ4n) is 2.48. The molecule has 0 spiro atoms. The van der Waals surface area contributed by atoms with E-state index in [9.17, 15) is 14.9 Å². The van der Waals surface area contributed by atoms with Crippen LogP contribution in [0.15, 0.2) is 22.0 Å². The first-order valence-corrected chi connectivity index (χ1v) is 9.43. The molecule has 1 aromatic heterocycles. The highest BCUT2D eigenvalue weighted by Gasteiger charge is 2.22. The zero-order valence-corrected chi connectivity index (χ0v) is 17.7. The summed E-state index contributed by atoms with van der Waals surface area (Å²) in [5.41, 5.74) is 2.21. The Morgan fingerprint density at radius 3 is 2.63 bits per heavy atom. The molecule has 0 saturated carbocycles. The van der Waals surface area contributed by atoms with E-state index in [1.165, 1.54) is 19.4 Å². The lowest BCUT2D eigenvalue weighted by Gasteiger charge is -2.15. The first-order chi connectivity index (χ1) is 14.2. The molecule has 0 saturated heterocycles. The van der Waals surface area contributed by atoms with E-state index in [-0.39, 0.29) is 28.7 Å². The minimum atomic E-state index is -0.539. The Morgan fingerprint density at radius 1 is 1.33 bits per heavy atom. The largest absolute Gasteiger partial charge is 0.493 e. The number of unbranched alkanes of at least 4 members (excludes halogenated alkanes) is 1. The molecule has 0 aliphatic rings. The number of ether oxygens (including phenoxy) is 2. The Hall–Kier alpha value is -3.50. The third-order valence-electron chi connectivity index (χ3n) is 4.01. The summed E-state index contributed by atoms with van der Waals surface area (Å²) < 4.78 is 10.8. The Labute approximate surface area is 173 Å². The van der Waals surface area contributed by atoms with E-state index in [1.54, 1.807) is 6.07 Å². The summed E-state index contributed by atoms with van der Waals surface area (Å²) in [6, 6.07) is 2.89. The highest BCUT2D eigenvalue weighted by atomic mass is 16.6. The number of hydrogen-bond acceptors (Lipinski definition) is 9. The molecule has 0 bridgehead atoms. The quantitative estimate of drug-likeness (QED) is 0.274. The van der Waals surface area contributed by atoms with Crippen molar-refractivity contribution < 1.29 is 14.4 Å². The predicted molar refractivity (Wildman–Crippen MR) is 113 cm³/mol. The molecule has 0 amide bonds. The van der Waals surface area contributed by atoms with E-state index >= 15 is 0 Å². The lowest BCUT2D eigenvalue weighted by atomic mass is 9.93. The molecule has 162 valence electrons. The highest BCUT2D eigenvalue weighted by molar-refractivity contribution is 5.83. The average molecular weight is 418 g/mol. The van der Waals surface area contributed by atoms with Crippen molar-refractivity contribution in [2.45, 2.75) is 46.0 Å². The SMILES string of the molecule is CCCCOc1c(OC)cc(/C=N/Nc2nnc(C(C)(C)C)c(=O)[nH]2)cc1[N+](=O)[O-]. The number of aromatic nitrogens is 3. The molecule has 1 aromatic carbocycles. The zero-order chi connectivity index (χ0) is 22.3. The number of hydrogen-bond donors (Lipinski definition) is 2. The molecule has 1 heterocycles. The van der Waals surface area contributed by atoms with Crippen molar-refractivity contribution in [1.82, 2.24) is 15.2 Å². The molecule has 11 heteroatoms. The van der Waals surface area contributed by atoms with Gasteiger partial charge >= 0.3 is 5.69 Å². The fourth-order valence-corrected chi connectivity index (χ4v) is 2.48. The summed E-state index contributed by atoms with van der Waals surface area (Å²) >= 11 is 0. The van der Waals surface area contributed by atoms with Crippen LogP contribution in [-0.4, -0.2) is 40.0 Å². The molecule has 0 atom stereocenters. The predicted octanol–water partition coefficient (Wildman–Crippen LogP) is 3.00. The van der Waals surface area contributed by atoms with Crippen LogP contribution < -0.4 is 20.5 Å². The molecule has 0 aliphatic heterocycles. The van der Waals surface area contributed by atoms with Gasteiger partial charge < -0.3 is 9.47 Å². The number of nitrogens with zero attached hydrogens (tertiary/aromatic N) is 4. The van der Waals surface area contributed by atoms with Gasteiger partial charge in [0.15, 0.2) is 5.75 Å². The summed E-state index contributed by atoms with van der Waals surface area (Å²) in [6.07, 6.45) is 3.00. The lowest BCUT2D eigenvalue weighted by Crippen LogP contribution is -2.28. The number of aromatic amines is 1. The van der Waals surface area contributed by atoms with Crippen molar-refractivity contribution in [3.63, 3.8) is 0 Å². The van der Waals surface area contributed by atoms with Crippen molar-refractivity contribution >= 4 is 17.9 Å². The second-order valence-electron chi connectivity index (χ2n) is 7.50. The Morgan fingerprint density at radius 2 is 2.07 bits per heavy atom. The van der Waals surface area contributed by atoms with Crippen molar-refractivity contribution in [1.29, 1.82) is 0 Å². The summed E-state index contributed by atoms with van der Waals surface area (Å²) in [5.74, 6) is 0.351. The molecular formula is C19H26N6O5. The van der Waals surface area contributed by atoms with Gasteiger partial charge in [-0.05, 0) is 12.5 Å².